The van der Waals surface area contributed by atoms with Gasteiger partial charge in [0.1, 0.15) is 5.69 Å². The molecule has 5 aromatic rings. The van der Waals surface area contributed by atoms with E-state index in [0.717, 1.165) is 86.7 Å². The van der Waals surface area contributed by atoms with E-state index >= 15 is 0 Å². The van der Waals surface area contributed by atoms with Gasteiger partial charge in [-0.15, -0.1) is 0 Å². The summed E-state index contributed by atoms with van der Waals surface area (Å²) in [6, 6.07) is 40.6. The SMILES string of the molecule is CN(CCc1ccccc1)c1oc(C(CC2CCC(C(C)(C)Nc3ccc(Cl)cc3)CC2)N2CCN(Cc3ccccc3)CC2)nc1Cc1ccccc1. The fraction of sp³-hybridized carbons (Fsp3) is 0.426. The van der Waals surface area contributed by atoms with Crippen molar-refractivity contribution in [2.24, 2.45) is 11.8 Å². The van der Waals surface area contributed by atoms with Crippen LogP contribution in [-0.2, 0) is 19.4 Å². The Morgan fingerprint density at radius 3 is 2.00 bits per heavy atom. The molecule has 0 amide bonds. The Labute approximate surface area is 328 Å². The molecule has 2 fully saturated rings. The predicted octanol–water partition coefficient (Wildman–Crippen LogP) is 10.5. The predicted molar refractivity (Wildman–Crippen MR) is 224 cm³/mol. The third-order valence-corrected chi connectivity index (χ3v) is 12.2. The number of anilines is 2. The van der Waals surface area contributed by atoms with Crippen molar-refractivity contribution in [2.45, 2.75) is 76.9 Å². The summed E-state index contributed by atoms with van der Waals surface area (Å²) in [4.78, 5) is 13.0. The van der Waals surface area contributed by atoms with Gasteiger partial charge in [-0.2, -0.15) is 0 Å². The standard InChI is InChI=1S/C47H58ClN5O/c1-47(2,50-42-25-23-41(48)24-26-42)40-21-19-38(20-22-40)34-44(53-31-29-52(30-32-53)35-39-17-11-6-12-18-39)45-49-43(33-37-15-9-5-10-16-37)46(54-45)51(3)28-27-36-13-7-4-8-14-36/h4-18,23-26,38,40,44,50H,19-22,27-35H2,1-3H3. The first kappa shape index (κ1) is 38.2. The molecule has 1 saturated heterocycles. The summed E-state index contributed by atoms with van der Waals surface area (Å²) >= 11 is 6.18. The van der Waals surface area contributed by atoms with Crippen LogP contribution in [0.25, 0.3) is 0 Å². The Morgan fingerprint density at radius 2 is 1.37 bits per heavy atom. The van der Waals surface area contributed by atoms with Gasteiger partial charge in [0.25, 0.3) is 0 Å². The highest BCUT2D eigenvalue weighted by Gasteiger charge is 2.37. The lowest BCUT2D eigenvalue weighted by atomic mass is 9.71. The maximum Gasteiger partial charge on any atom is 0.219 e. The van der Waals surface area contributed by atoms with Crippen molar-refractivity contribution >= 4 is 23.2 Å². The Bertz CT molecular complexity index is 1850. The molecule has 2 heterocycles. The number of aromatic nitrogens is 1. The van der Waals surface area contributed by atoms with Crippen LogP contribution in [0, 0.1) is 11.8 Å². The quantitative estimate of drug-likeness (QED) is 0.115. The minimum absolute atomic E-state index is 0.00141. The maximum absolute atomic E-state index is 7.01. The molecule has 1 N–H and O–H groups in total. The van der Waals surface area contributed by atoms with Crippen LogP contribution in [0.15, 0.2) is 120 Å². The Hall–Kier alpha value is -4.10. The molecule has 7 heteroatoms. The Morgan fingerprint density at radius 1 is 0.778 bits per heavy atom. The van der Waals surface area contributed by atoms with Crippen LogP contribution in [0.5, 0.6) is 0 Å². The van der Waals surface area contributed by atoms with Crippen LogP contribution < -0.4 is 10.2 Å². The van der Waals surface area contributed by atoms with Crippen molar-refractivity contribution in [2.75, 3.05) is 50.0 Å². The van der Waals surface area contributed by atoms with Crippen molar-refractivity contribution in [3.05, 3.63) is 149 Å². The zero-order valence-corrected chi connectivity index (χ0v) is 33.2. The molecule has 1 atom stereocenters. The molecule has 4 aromatic carbocycles. The fourth-order valence-electron chi connectivity index (χ4n) is 8.67. The molecule has 1 aromatic heterocycles. The summed E-state index contributed by atoms with van der Waals surface area (Å²) in [5.74, 6) is 3.04. The van der Waals surface area contributed by atoms with Gasteiger partial charge in [-0.1, -0.05) is 115 Å². The second-order valence-corrected chi connectivity index (χ2v) is 16.7. The maximum atomic E-state index is 7.01. The Balaban J connectivity index is 1.10. The van der Waals surface area contributed by atoms with E-state index in [4.69, 9.17) is 21.0 Å². The second kappa shape index (κ2) is 18.0. The van der Waals surface area contributed by atoms with Gasteiger partial charge in [0, 0.05) is 69.0 Å². The van der Waals surface area contributed by atoms with Crippen molar-refractivity contribution in [1.82, 2.24) is 14.8 Å². The Kier molecular flexibility index (Phi) is 12.7. The highest BCUT2D eigenvalue weighted by molar-refractivity contribution is 6.30. The van der Waals surface area contributed by atoms with Gasteiger partial charge in [-0.3, -0.25) is 9.80 Å². The second-order valence-electron chi connectivity index (χ2n) is 16.2. The highest BCUT2D eigenvalue weighted by atomic mass is 35.5. The van der Waals surface area contributed by atoms with Gasteiger partial charge in [-0.25, -0.2) is 4.98 Å². The average Bonchev–Trinajstić information content (AvgIpc) is 3.62. The number of oxazole rings is 1. The van der Waals surface area contributed by atoms with Crippen LogP contribution in [0.3, 0.4) is 0 Å². The lowest BCUT2D eigenvalue weighted by molar-refractivity contribution is 0.0614. The first-order valence-electron chi connectivity index (χ1n) is 20.1. The summed E-state index contributed by atoms with van der Waals surface area (Å²) in [6.07, 6.45) is 7.67. The molecule has 1 unspecified atom stereocenters. The fourth-order valence-corrected chi connectivity index (χ4v) is 8.80. The van der Waals surface area contributed by atoms with Gasteiger partial charge in [-0.05, 0) is 92.3 Å². The summed E-state index contributed by atoms with van der Waals surface area (Å²) in [5.41, 5.74) is 6.16. The van der Waals surface area contributed by atoms with E-state index in [0.29, 0.717) is 11.8 Å². The summed E-state index contributed by atoms with van der Waals surface area (Å²) < 4.78 is 7.01. The number of hydrogen-bond donors (Lipinski definition) is 1. The van der Waals surface area contributed by atoms with Crippen molar-refractivity contribution in [3.63, 3.8) is 0 Å². The van der Waals surface area contributed by atoms with Gasteiger partial charge in [0.15, 0.2) is 0 Å². The first-order valence-corrected chi connectivity index (χ1v) is 20.5. The number of halogens is 1. The number of rotatable bonds is 15. The van der Waals surface area contributed by atoms with E-state index in [1.165, 1.54) is 42.4 Å². The van der Waals surface area contributed by atoms with Crippen molar-refractivity contribution in [1.29, 1.82) is 0 Å². The average molecular weight is 744 g/mol. The minimum atomic E-state index is 0.00141. The van der Waals surface area contributed by atoms with E-state index in [1.54, 1.807) is 0 Å². The van der Waals surface area contributed by atoms with E-state index in [9.17, 15) is 0 Å². The molecular formula is C47H58ClN5O. The molecule has 54 heavy (non-hydrogen) atoms. The summed E-state index contributed by atoms with van der Waals surface area (Å²) in [5, 5.41) is 4.60. The lowest BCUT2D eigenvalue weighted by Crippen LogP contribution is -2.47. The zero-order chi connectivity index (χ0) is 37.3. The minimum Gasteiger partial charge on any atom is -0.423 e. The van der Waals surface area contributed by atoms with Gasteiger partial charge < -0.3 is 14.6 Å². The number of likely N-dealkylation sites (N-methyl/N-ethyl adjacent to an activating group) is 1. The van der Waals surface area contributed by atoms with E-state index in [-0.39, 0.29) is 11.6 Å². The van der Waals surface area contributed by atoms with Crippen LogP contribution >= 0.6 is 11.6 Å². The summed E-state index contributed by atoms with van der Waals surface area (Å²) in [7, 11) is 2.17. The molecule has 1 aliphatic carbocycles. The normalized spacial score (nSPS) is 19.0. The highest BCUT2D eigenvalue weighted by Crippen LogP contribution is 2.42. The van der Waals surface area contributed by atoms with E-state index in [2.05, 4.69) is 144 Å². The van der Waals surface area contributed by atoms with Crippen LogP contribution in [0.2, 0.25) is 5.02 Å². The van der Waals surface area contributed by atoms with Gasteiger partial charge in [0.2, 0.25) is 11.8 Å². The molecule has 0 radical (unpaired) electrons. The smallest absolute Gasteiger partial charge is 0.219 e. The monoisotopic (exact) mass is 743 g/mol. The molecule has 0 bridgehead atoms. The van der Waals surface area contributed by atoms with Crippen LogP contribution in [0.1, 0.15) is 80.3 Å². The molecule has 0 spiro atoms. The van der Waals surface area contributed by atoms with E-state index < -0.39 is 0 Å². The third-order valence-electron chi connectivity index (χ3n) is 11.9. The lowest BCUT2D eigenvalue weighted by Gasteiger charge is -2.42. The first-order chi connectivity index (χ1) is 26.3. The van der Waals surface area contributed by atoms with Crippen LogP contribution in [0.4, 0.5) is 11.6 Å². The van der Waals surface area contributed by atoms with Gasteiger partial charge >= 0.3 is 0 Å². The molecule has 7 rings (SSSR count). The zero-order valence-electron chi connectivity index (χ0n) is 32.5. The largest absolute Gasteiger partial charge is 0.423 e. The molecule has 6 nitrogen and oxygen atoms in total. The number of hydrogen-bond acceptors (Lipinski definition) is 6. The number of benzene rings is 4. The number of piperazine rings is 1. The molecule has 1 saturated carbocycles. The third kappa shape index (κ3) is 10.1. The van der Waals surface area contributed by atoms with Gasteiger partial charge in [0.05, 0.1) is 6.04 Å². The molecule has 2 aliphatic rings. The van der Waals surface area contributed by atoms with Crippen LogP contribution in [-0.4, -0.2) is 60.1 Å². The molecule has 1 aliphatic heterocycles. The molecular weight excluding hydrogens is 686 g/mol. The number of nitrogens with one attached hydrogen (secondary N) is 1. The number of nitrogens with zero attached hydrogens (tertiary/aromatic N) is 4. The topological polar surface area (TPSA) is 47.8 Å². The van der Waals surface area contributed by atoms with E-state index in [1.807, 2.05) is 12.1 Å². The van der Waals surface area contributed by atoms with Crippen molar-refractivity contribution in [3.8, 4) is 0 Å². The van der Waals surface area contributed by atoms with Crippen molar-refractivity contribution < 1.29 is 4.42 Å². The molecule has 284 valence electrons. The summed E-state index contributed by atoms with van der Waals surface area (Å²) in [6.45, 7) is 10.7.